The normalized spacial score (nSPS) is 24.8. The van der Waals surface area contributed by atoms with Gasteiger partial charge in [-0.1, -0.05) is 23.2 Å². The Morgan fingerprint density at radius 2 is 2.31 bits per heavy atom. The van der Waals surface area contributed by atoms with Crippen LogP contribution in [0.2, 0.25) is 0 Å². The van der Waals surface area contributed by atoms with Gasteiger partial charge < -0.3 is 4.74 Å². The van der Waals surface area contributed by atoms with Gasteiger partial charge in [0.25, 0.3) is 0 Å². The monoisotopic (exact) mass is 220 g/mol. The van der Waals surface area contributed by atoms with E-state index in [1.165, 1.54) is 5.54 Å². The minimum atomic E-state index is -0.362. The minimum Gasteiger partial charge on any atom is -0.454 e. The lowest BCUT2D eigenvalue weighted by atomic mass is 10.1. The molecule has 0 amide bonds. The van der Waals surface area contributed by atoms with Crippen LogP contribution in [0.4, 0.5) is 0 Å². The summed E-state index contributed by atoms with van der Waals surface area (Å²) in [5, 5.41) is 0.555. The van der Waals surface area contributed by atoms with E-state index in [0.29, 0.717) is 17.0 Å². The Hall–Kier alpha value is -0.470. The average Bonchev–Trinajstić information content (AvgIpc) is 2.12. The van der Waals surface area contributed by atoms with Crippen LogP contribution >= 0.6 is 23.2 Å². The molecule has 0 fully saturated rings. The van der Waals surface area contributed by atoms with E-state index in [1.807, 2.05) is 0 Å². The Morgan fingerprint density at radius 1 is 1.69 bits per heavy atom. The Kier molecular flexibility index (Phi) is 3.40. The number of carbonyl (C=O) groups excluding carboxylic acids is 1. The second-order valence-corrected chi connectivity index (χ2v) is 3.66. The number of carbonyl (C=O) groups is 1. The molecule has 0 saturated carbocycles. The van der Waals surface area contributed by atoms with Crippen molar-refractivity contribution in [1.82, 2.24) is 0 Å². The average molecular weight is 221 g/mol. The van der Waals surface area contributed by atoms with Crippen LogP contribution in [-0.2, 0) is 9.53 Å². The first-order valence-corrected chi connectivity index (χ1v) is 4.70. The summed E-state index contributed by atoms with van der Waals surface area (Å²) >= 11 is 11.4. The van der Waals surface area contributed by atoms with Crippen molar-refractivity contribution < 1.29 is 9.53 Å². The van der Waals surface area contributed by atoms with E-state index in [1.54, 1.807) is 13.8 Å². The summed E-state index contributed by atoms with van der Waals surface area (Å²) in [6.07, 6.45) is 0.218. The van der Waals surface area contributed by atoms with Crippen LogP contribution in [0.3, 0.4) is 0 Å². The molecule has 0 aliphatic carbocycles. The van der Waals surface area contributed by atoms with E-state index in [9.17, 15) is 4.79 Å². The van der Waals surface area contributed by atoms with E-state index in [0.717, 1.165) is 5.57 Å². The van der Waals surface area contributed by atoms with Crippen molar-refractivity contribution in [3.05, 3.63) is 21.7 Å². The predicted molar refractivity (Wildman–Crippen MR) is 52.7 cm³/mol. The highest BCUT2D eigenvalue weighted by Crippen LogP contribution is 2.28. The lowest BCUT2D eigenvalue weighted by Gasteiger charge is -2.23. The van der Waals surface area contributed by atoms with Crippen LogP contribution in [-0.4, -0.2) is 12.1 Å². The zero-order valence-corrected chi connectivity index (χ0v) is 8.95. The van der Waals surface area contributed by atoms with Crippen molar-refractivity contribution in [3.8, 4) is 0 Å². The van der Waals surface area contributed by atoms with Crippen molar-refractivity contribution in [2.75, 3.05) is 0 Å². The van der Waals surface area contributed by atoms with Gasteiger partial charge in [-0.3, -0.25) is 0 Å². The molecule has 1 aliphatic rings. The van der Waals surface area contributed by atoms with Crippen molar-refractivity contribution in [2.24, 2.45) is 0 Å². The standard InChI is InChI=1S/C9H10Cl2O2/c1-5(4-10)8-3-7(11)6(2)9(12)13-8/h4,8H,3H2,1-2H3/b5-4-/t8-/m0/s1. The van der Waals surface area contributed by atoms with Gasteiger partial charge in [-0.25, -0.2) is 4.79 Å². The number of hydrogen-bond acceptors (Lipinski definition) is 2. The topological polar surface area (TPSA) is 26.3 Å². The molecule has 0 saturated heterocycles. The zero-order chi connectivity index (χ0) is 10.0. The maximum absolute atomic E-state index is 11.2. The maximum atomic E-state index is 11.2. The summed E-state index contributed by atoms with van der Waals surface area (Å²) in [6, 6.07) is 0. The molecule has 0 aromatic carbocycles. The molecule has 0 aromatic rings. The van der Waals surface area contributed by atoms with E-state index in [4.69, 9.17) is 27.9 Å². The summed E-state index contributed by atoms with van der Waals surface area (Å²) in [5.41, 5.74) is 2.70. The SMILES string of the molecule is CC1=C(Cl)C[C@@H](/C(C)=C\Cl)OC1=O. The van der Waals surface area contributed by atoms with Crippen molar-refractivity contribution >= 4 is 29.2 Å². The van der Waals surface area contributed by atoms with Gasteiger partial charge in [-0.05, 0) is 19.4 Å². The molecular formula is C9H10Cl2O2. The molecule has 0 radical (unpaired) electrons. The largest absolute Gasteiger partial charge is 0.454 e. The van der Waals surface area contributed by atoms with Gasteiger partial charge >= 0.3 is 5.97 Å². The molecule has 72 valence electrons. The van der Waals surface area contributed by atoms with Gasteiger partial charge in [0.05, 0.1) is 0 Å². The van der Waals surface area contributed by atoms with E-state index < -0.39 is 0 Å². The third-order valence-corrected chi connectivity index (χ3v) is 2.79. The highest BCUT2D eigenvalue weighted by molar-refractivity contribution is 6.32. The Balaban J connectivity index is 2.86. The predicted octanol–water partition coefficient (Wildman–Crippen LogP) is 2.96. The van der Waals surface area contributed by atoms with Crippen LogP contribution in [0.1, 0.15) is 20.3 Å². The van der Waals surface area contributed by atoms with Gasteiger partial charge in [-0.2, -0.15) is 0 Å². The van der Waals surface area contributed by atoms with Crippen LogP contribution < -0.4 is 0 Å². The summed E-state index contributed by atoms with van der Waals surface area (Å²) in [5.74, 6) is -0.362. The van der Waals surface area contributed by atoms with E-state index in [-0.39, 0.29) is 12.1 Å². The highest BCUT2D eigenvalue weighted by atomic mass is 35.5. The fraction of sp³-hybridized carbons (Fsp3) is 0.444. The number of esters is 1. The second-order valence-electron chi connectivity index (χ2n) is 2.98. The summed E-state index contributed by atoms with van der Waals surface area (Å²) < 4.78 is 5.09. The van der Waals surface area contributed by atoms with Crippen molar-refractivity contribution in [1.29, 1.82) is 0 Å². The maximum Gasteiger partial charge on any atom is 0.335 e. The number of halogens is 2. The van der Waals surface area contributed by atoms with Crippen LogP contribution in [0.25, 0.3) is 0 Å². The molecule has 4 heteroatoms. The first-order valence-electron chi connectivity index (χ1n) is 3.89. The van der Waals surface area contributed by atoms with Gasteiger partial charge in [0, 0.05) is 22.6 Å². The Labute approximate surface area is 87.2 Å². The van der Waals surface area contributed by atoms with Crippen molar-refractivity contribution in [2.45, 2.75) is 26.4 Å². The van der Waals surface area contributed by atoms with Gasteiger partial charge in [0.2, 0.25) is 0 Å². The first kappa shape index (κ1) is 10.6. The van der Waals surface area contributed by atoms with Crippen molar-refractivity contribution in [3.63, 3.8) is 0 Å². The van der Waals surface area contributed by atoms with Gasteiger partial charge in [0.15, 0.2) is 0 Å². The smallest absolute Gasteiger partial charge is 0.335 e. The molecular weight excluding hydrogens is 211 g/mol. The van der Waals surface area contributed by atoms with Gasteiger partial charge in [0.1, 0.15) is 6.10 Å². The van der Waals surface area contributed by atoms with E-state index in [2.05, 4.69) is 0 Å². The molecule has 0 N–H and O–H groups in total. The lowest BCUT2D eigenvalue weighted by Crippen LogP contribution is -2.25. The molecule has 1 heterocycles. The first-order chi connectivity index (χ1) is 6.06. The number of rotatable bonds is 1. The van der Waals surface area contributed by atoms with E-state index >= 15 is 0 Å². The quantitative estimate of drug-likeness (QED) is 0.636. The fourth-order valence-electron chi connectivity index (χ4n) is 1.01. The molecule has 0 bridgehead atoms. The summed E-state index contributed by atoms with van der Waals surface area (Å²) in [7, 11) is 0. The Morgan fingerprint density at radius 3 is 2.77 bits per heavy atom. The number of hydrogen-bond donors (Lipinski definition) is 0. The Bertz CT molecular complexity index is 292. The molecule has 2 nitrogen and oxygen atoms in total. The molecule has 1 aliphatic heterocycles. The third-order valence-electron chi connectivity index (χ3n) is 2.01. The summed E-state index contributed by atoms with van der Waals surface area (Å²) in [4.78, 5) is 11.2. The van der Waals surface area contributed by atoms with Crippen LogP contribution in [0, 0.1) is 0 Å². The van der Waals surface area contributed by atoms with Crippen LogP contribution in [0.5, 0.6) is 0 Å². The highest BCUT2D eigenvalue weighted by Gasteiger charge is 2.26. The second kappa shape index (κ2) is 4.16. The van der Waals surface area contributed by atoms with Gasteiger partial charge in [-0.15, -0.1) is 0 Å². The molecule has 0 spiro atoms. The fourth-order valence-corrected chi connectivity index (χ4v) is 1.37. The molecule has 0 unspecified atom stereocenters. The molecule has 13 heavy (non-hydrogen) atoms. The number of ether oxygens (including phenoxy) is 1. The third kappa shape index (κ3) is 2.26. The molecule has 1 atom stereocenters. The minimum absolute atomic E-state index is 0.304. The van der Waals surface area contributed by atoms with Crippen LogP contribution in [0.15, 0.2) is 21.7 Å². The zero-order valence-electron chi connectivity index (χ0n) is 7.43. The number of cyclic esters (lactones) is 1. The molecule has 0 aromatic heterocycles. The summed E-state index contributed by atoms with van der Waals surface area (Å²) in [6.45, 7) is 3.45. The lowest BCUT2D eigenvalue weighted by molar-refractivity contribution is -0.143. The molecule has 1 rings (SSSR count).